The van der Waals surface area contributed by atoms with Crippen LogP contribution < -0.4 is 9.64 Å². The van der Waals surface area contributed by atoms with Crippen molar-refractivity contribution < 1.29 is 27.9 Å². The first-order valence-corrected chi connectivity index (χ1v) is 9.44. The molecule has 0 radical (unpaired) electrons. The maximum Gasteiger partial charge on any atom is 0.253 e. The summed E-state index contributed by atoms with van der Waals surface area (Å²) in [5.74, 6) is -2.89. The molecule has 1 spiro atoms. The Morgan fingerprint density at radius 3 is 2.43 bits per heavy atom. The molecule has 3 aromatic rings. The predicted molar refractivity (Wildman–Crippen MR) is 104 cm³/mol. The van der Waals surface area contributed by atoms with Gasteiger partial charge in [0, 0.05) is 20.3 Å². The number of rotatable bonds is 0. The van der Waals surface area contributed by atoms with Crippen LogP contribution in [0, 0.1) is 11.6 Å². The smallest absolute Gasteiger partial charge is 0.253 e. The van der Waals surface area contributed by atoms with Crippen molar-refractivity contribution in [3.8, 4) is 5.75 Å². The Morgan fingerprint density at radius 2 is 1.73 bits per heavy atom. The van der Waals surface area contributed by atoms with E-state index in [0.717, 1.165) is 11.0 Å². The van der Waals surface area contributed by atoms with Crippen LogP contribution in [0.5, 0.6) is 5.75 Å². The quantitative estimate of drug-likeness (QED) is 0.565. The molecule has 1 amide bonds. The molecule has 152 valence electrons. The largest absolute Gasteiger partial charge is 0.457 e. The van der Waals surface area contributed by atoms with Crippen molar-refractivity contribution in [1.82, 2.24) is 4.57 Å². The molecule has 5 rings (SSSR count). The topological polar surface area (TPSA) is 68.6 Å². The van der Waals surface area contributed by atoms with Gasteiger partial charge in [-0.3, -0.25) is 23.9 Å². The number of hydrogen-bond acceptors (Lipinski definition) is 4. The maximum absolute atomic E-state index is 14.8. The second kappa shape index (κ2) is 5.98. The minimum absolute atomic E-state index is 0.00223. The number of anilines is 1. The Balaban J connectivity index is 1.78. The number of hydrogen-bond donors (Lipinski definition) is 0. The molecule has 0 saturated heterocycles. The third-order valence-corrected chi connectivity index (χ3v) is 5.77. The fourth-order valence-corrected chi connectivity index (χ4v) is 4.67. The summed E-state index contributed by atoms with van der Waals surface area (Å²) in [7, 11) is 0. The third kappa shape index (κ3) is 2.13. The van der Waals surface area contributed by atoms with Crippen LogP contribution in [0.3, 0.4) is 0 Å². The molecule has 0 N–H and O–H groups in total. The van der Waals surface area contributed by atoms with Crippen molar-refractivity contribution in [2.45, 2.75) is 32.4 Å². The van der Waals surface area contributed by atoms with Gasteiger partial charge in [-0.2, -0.15) is 0 Å². The van der Waals surface area contributed by atoms with Crippen molar-refractivity contribution in [1.29, 1.82) is 0 Å². The fraction of sp³-hybridized carbons (Fsp3) is 0.227. The molecule has 1 atom stereocenters. The summed E-state index contributed by atoms with van der Waals surface area (Å²) in [6.45, 7) is 2.61. The van der Waals surface area contributed by atoms with Gasteiger partial charge in [0.15, 0.2) is 5.75 Å². The number of carbonyl (C=O) groups excluding carboxylic acids is 3. The lowest BCUT2D eigenvalue weighted by molar-refractivity contribution is -0.119. The molecular weight excluding hydrogens is 394 g/mol. The molecule has 30 heavy (non-hydrogen) atoms. The Kier molecular flexibility index (Phi) is 3.68. The Bertz CT molecular complexity index is 1300. The number of ketones is 1. The van der Waals surface area contributed by atoms with Gasteiger partial charge in [0.05, 0.1) is 27.8 Å². The van der Waals surface area contributed by atoms with E-state index in [4.69, 9.17) is 4.74 Å². The summed E-state index contributed by atoms with van der Waals surface area (Å²) < 4.78 is 36.7. The van der Waals surface area contributed by atoms with Crippen LogP contribution in [-0.4, -0.2) is 27.9 Å². The number of carbonyl (C=O) groups is 3. The molecule has 2 aliphatic heterocycles. The first-order chi connectivity index (χ1) is 14.3. The van der Waals surface area contributed by atoms with Crippen molar-refractivity contribution in [2.75, 3.05) is 4.90 Å². The highest BCUT2D eigenvalue weighted by Crippen LogP contribution is 2.49. The van der Waals surface area contributed by atoms with E-state index in [-0.39, 0.29) is 41.1 Å². The van der Waals surface area contributed by atoms with E-state index < -0.39 is 29.0 Å². The average molecular weight is 410 g/mol. The summed E-state index contributed by atoms with van der Waals surface area (Å²) >= 11 is 0. The summed E-state index contributed by atoms with van der Waals surface area (Å²) in [5.41, 5.74) is -1.21. The number of nitrogens with zero attached hydrogens (tertiary/aromatic N) is 2. The van der Waals surface area contributed by atoms with E-state index in [9.17, 15) is 23.2 Å². The van der Waals surface area contributed by atoms with Crippen molar-refractivity contribution in [2.24, 2.45) is 0 Å². The highest BCUT2D eigenvalue weighted by Gasteiger charge is 2.58. The van der Waals surface area contributed by atoms with Crippen molar-refractivity contribution in [3.05, 3.63) is 59.3 Å². The van der Waals surface area contributed by atoms with Crippen molar-refractivity contribution >= 4 is 34.2 Å². The second-order valence-electron chi connectivity index (χ2n) is 7.47. The van der Waals surface area contributed by atoms with Gasteiger partial charge in [-0.25, -0.2) is 8.78 Å². The lowest BCUT2D eigenvalue weighted by atomic mass is 9.95. The summed E-state index contributed by atoms with van der Waals surface area (Å²) in [5, 5.41) is 0.0505. The minimum Gasteiger partial charge on any atom is -0.457 e. The molecule has 0 aliphatic carbocycles. The number of aromatic nitrogens is 1. The van der Waals surface area contributed by atoms with Crippen LogP contribution in [0.1, 0.15) is 41.1 Å². The molecule has 8 heteroatoms. The molecule has 2 aromatic carbocycles. The Labute approximate surface area is 169 Å². The van der Waals surface area contributed by atoms with Crippen LogP contribution in [0.4, 0.5) is 14.5 Å². The molecule has 1 aromatic heterocycles. The normalized spacial score (nSPS) is 19.7. The van der Waals surface area contributed by atoms with Gasteiger partial charge in [0.25, 0.3) is 5.72 Å². The number of ether oxygens (including phenoxy) is 1. The van der Waals surface area contributed by atoms with Crippen LogP contribution >= 0.6 is 0 Å². The van der Waals surface area contributed by atoms with Gasteiger partial charge in [-0.15, -0.1) is 0 Å². The van der Waals surface area contributed by atoms with Crippen LogP contribution in [0.25, 0.3) is 10.9 Å². The van der Waals surface area contributed by atoms with E-state index in [1.807, 2.05) is 0 Å². The highest BCUT2D eigenvalue weighted by molar-refractivity contribution is 6.20. The number of fused-ring (bicyclic) bond motifs is 4. The van der Waals surface area contributed by atoms with E-state index in [1.165, 1.54) is 42.7 Å². The van der Waals surface area contributed by atoms with Gasteiger partial charge < -0.3 is 4.74 Å². The highest BCUT2D eigenvalue weighted by atomic mass is 19.1. The second-order valence-corrected chi connectivity index (χ2v) is 7.47. The SMILES string of the molecule is CC(=O)N1c2cccc(F)c2C(=O)C12CCc1c(c3c(F)cccc3n1C(C)=O)O2. The number of halogens is 2. The molecule has 3 heterocycles. The van der Waals surface area contributed by atoms with E-state index >= 15 is 0 Å². The molecular formula is C22H16F2N2O4. The zero-order chi connectivity index (χ0) is 21.4. The van der Waals surface area contributed by atoms with E-state index in [2.05, 4.69) is 0 Å². The standard InChI is InChI=1S/C22H16F2N2O4/c1-11(27)25-15-7-3-5-13(23)18(15)20-17(25)9-10-22(30-20)21(29)19-14(24)6-4-8-16(19)26(22)12(2)28/h3-8H,9-10H2,1-2H3. The summed E-state index contributed by atoms with van der Waals surface area (Å²) in [6, 6.07) is 8.32. The van der Waals surface area contributed by atoms with Gasteiger partial charge in [0.1, 0.15) is 11.6 Å². The number of Topliss-reactive ketones (excluding diaryl/α,β-unsaturated/α-hetero) is 1. The van der Waals surface area contributed by atoms with Gasteiger partial charge >= 0.3 is 0 Å². The first-order valence-electron chi connectivity index (χ1n) is 9.44. The van der Waals surface area contributed by atoms with Gasteiger partial charge in [0.2, 0.25) is 17.6 Å². The molecule has 2 aliphatic rings. The predicted octanol–water partition coefficient (Wildman–Crippen LogP) is 3.85. The average Bonchev–Trinajstić information content (AvgIpc) is 3.14. The number of benzene rings is 2. The lowest BCUT2D eigenvalue weighted by Crippen LogP contribution is -2.58. The van der Waals surface area contributed by atoms with Crippen LogP contribution in [0.15, 0.2) is 36.4 Å². The van der Waals surface area contributed by atoms with E-state index in [0.29, 0.717) is 11.2 Å². The Hall–Kier alpha value is -3.55. The van der Waals surface area contributed by atoms with Crippen LogP contribution in [0.2, 0.25) is 0 Å². The summed E-state index contributed by atoms with van der Waals surface area (Å²) in [4.78, 5) is 39.3. The van der Waals surface area contributed by atoms with E-state index in [1.54, 1.807) is 6.07 Å². The maximum atomic E-state index is 14.8. The molecule has 6 nitrogen and oxygen atoms in total. The lowest BCUT2D eigenvalue weighted by Gasteiger charge is -2.39. The molecule has 0 bridgehead atoms. The summed E-state index contributed by atoms with van der Waals surface area (Å²) in [6.07, 6.45) is 0.159. The zero-order valence-corrected chi connectivity index (χ0v) is 16.2. The minimum atomic E-state index is -1.83. The van der Waals surface area contributed by atoms with Gasteiger partial charge in [-0.1, -0.05) is 12.1 Å². The fourth-order valence-electron chi connectivity index (χ4n) is 4.67. The number of amides is 1. The first kappa shape index (κ1) is 18.5. The molecule has 0 fully saturated rings. The van der Waals surface area contributed by atoms with Crippen molar-refractivity contribution in [3.63, 3.8) is 0 Å². The van der Waals surface area contributed by atoms with Gasteiger partial charge in [-0.05, 0) is 30.7 Å². The Morgan fingerprint density at radius 1 is 1.03 bits per heavy atom. The molecule has 1 unspecified atom stereocenters. The molecule has 0 saturated carbocycles. The zero-order valence-electron chi connectivity index (χ0n) is 16.2. The van der Waals surface area contributed by atoms with Crippen LogP contribution in [-0.2, 0) is 11.2 Å². The monoisotopic (exact) mass is 410 g/mol. The third-order valence-electron chi connectivity index (χ3n) is 5.77.